The van der Waals surface area contributed by atoms with E-state index in [9.17, 15) is 0 Å². The number of likely N-dealkylation sites (tertiary alicyclic amines) is 1. The summed E-state index contributed by atoms with van der Waals surface area (Å²) >= 11 is 0. The maximum Gasteiger partial charge on any atom is 0.0478 e. The van der Waals surface area contributed by atoms with Crippen LogP contribution in [0.4, 0.5) is 0 Å². The lowest BCUT2D eigenvalue weighted by Gasteiger charge is -2.37. The van der Waals surface area contributed by atoms with E-state index in [4.69, 9.17) is 0 Å². The van der Waals surface area contributed by atoms with Crippen LogP contribution in [-0.2, 0) is 0 Å². The van der Waals surface area contributed by atoms with Crippen LogP contribution in [0.1, 0.15) is 38.8 Å². The van der Waals surface area contributed by atoms with Gasteiger partial charge in [0.25, 0.3) is 0 Å². The van der Waals surface area contributed by atoms with E-state index in [-0.39, 0.29) is 0 Å². The minimum atomic E-state index is 0.423. The Hall–Kier alpha value is -0.860. The highest BCUT2D eigenvalue weighted by atomic mass is 15.2. The highest BCUT2D eigenvalue weighted by Crippen LogP contribution is 2.30. The third-order valence-electron chi connectivity index (χ3n) is 4.37. The van der Waals surface area contributed by atoms with Crippen LogP contribution in [0.2, 0.25) is 0 Å². The van der Waals surface area contributed by atoms with Gasteiger partial charge in [0, 0.05) is 18.6 Å². The first kappa shape index (κ1) is 14.5. The van der Waals surface area contributed by atoms with Crippen LogP contribution < -0.4 is 5.32 Å². The van der Waals surface area contributed by atoms with Gasteiger partial charge in [-0.2, -0.15) is 0 Å². The molecule has 1 N–H and O–H groups in total. The van der Waals surface area contributed by atoms with Crippen LogP contribution in [0.25, 0.3) is 0 Å². The molecule has 19 heavy (non-hydrogen) atoms. The van der Waals surface area contributed by atoms with E-state index in [1.54, 1.807) is 0 Å². The van der Waals surface area contributed by atoms with Gasteiger partial charge < -0.3 is 5.32 Å². The molecule has 106 valence electrons. The van der Waals surface area contributed by atoms with Crippen molar-refractivity contribution in [1.82, 2.24) is 10.2 Å². The van der Waals surface area contributed by atoms with Crippen molar-refractivity contribution in [2.75, 3.05) is 20.1 Å². The normalized spacial score (nSPS) is 23.7. The predicted octanol–water partition coefficient (Wildman–Crippen LogP) is 3.31. The summed E-state index contributed by atoms with van der Waals surface area (Å²) < 4.78 is 0. The Kier molecular flexibility index (Phi) is 5.00. The van der Waals surface area contributed by atoms with E-state index >= 15 is 0 Å². The maximum atomic E-state index is 3.55. The van der Waals surface area contributed by atoms with Crippen molar-refractivity contribution in [2.45, 2.75) is 39.3 Å². The zero-order valence-electron chi connectivity index (χ0n) is 12.8. The standard InChI is InChI=1S/C17H28N2/c1-13(2)17(19-11-10-14(3)12-19)16(18-4)15-8-6-5-7-9-15/h5-9,13-14,16-18H,10-12H2,1-4H3. The summed E-state index contributed by atoms with van der Waals surface area (Å²) in [6.07, 6.45) is 1.34. The van der Waals surface area contributed by atoms with Crippen molar-refractivity contribution in [3.05, 3.63) is 35.9 Å². The largest absolute Gasteiger partial charge is 0.312 e. The third kappa shape index (κ3) is 3.37. The minimum absolute atomic E-state index is 0.423. The monoisotopic (exact) mass is 260 g/mol. The number of nitrogens with one attached hydrogen (secondary N) is 1. The summed E-state index contributed by atoms with van der Waals surface area (Å²) in [5.41, 5.74) is 1.41. The van der Waals surface area contributed by atoms with E-state index in [1.807, 2.05) is 0 Å². The van der Waals surface area contributed by atoms with E-state index in [0.717, 1.165) is 5.92 Å². The number of hydrogen-bond acceptors (Lipinski definition) is 2. The number of benzene rings is 1. The van der Waals surface area contributed by atoms with Crippen molar-refractivity contribution in [1.29, 1.82) is 0 Å². The summed E-state index contributed by atoms with van der Waals surface area (Å²) in [6, 6.07) is 11.9. The molecule has 1 aliphatic heterocycles. The Morgan fingerprint density at radius 1 is 1.21 bits per heavy atom. The summed E-state index contributed by atoms with van der Waals surface area (Å²) in [5.74, 6) is 1.50. The lowest BCUT2D eigenvalue weighted by Crippen LogP contribution is -2.46. The smallest absolute Gasteiger partial charge is 0.0478 e. The molecule has 0 aliphatic carbocycles. The van der Waals surface area contributed by atoms with Crippen molar-refractivity contribution in [3.8, 4) is 0 Å². The molecule has 0 radical (unpaired) electrons. The first-order valence-corrected chi connectivity index (χ1v) is 7.59. The van der Waals surface area contributed by atoms with Gasteiger partial charge in [-0.25, -0.2) is 0 Å². The van der Waals surface area contributed by atoms with Gasteiger partial charge in [-0.3, -0.25) is 4.90 Å². The Balaban J connectivity index is 2.21. The number of hydrogen-bond donors (Lipinski definition) is 1. The Morgan fingerprint density at radius 2 is 1.89 bits per heavy atom. The number of likely N-dealkylation sites (N-methyl/N-ethyl adjacent to an activating group) is 1. The van der Waals surface area contributed by atoms with Crippen LogP contribution in [0.3, 0.4) is 0 Å². The molecule has 1 aromatic carbocycles. The molecule has 1 saturated heterocycles. The predicted molar refractivity (Wildman–Crippen MR) is 82.2 cm³/mol. The average Bonchev–Trinajstić information content (AvgIpc) is 2.82. The zero-order chi connectivity index (χ0) is 13.8. The first-order chi connectivity index (χ1) is 9.13. The lowest BCUT2D eigenvalue weighted by molar-refractivity contribution is 0.145. The van der Waals surface area contributed by atoms with Gasteiger partial charge in [-0.15, -0.1) is 0 Å². The van der Waals surface area contributed by atoms with Crippen LogP contribution in [0.5, 0.6) is 0 Å². The zero-order valence-corrected chi connectivity index (χ0v) is 12.8. The summed E-state index contributed by atoms with van der Waals surface area (Å²) in [5, 5.41) is 3.55. The molecule has 0 aromatic heterocycles. The van der Waals surface area contributed by atoms with Gasteiger partial charge in [0.15, 0.2) is 0 Å². The van der Waals surface area contributed by atoms with Crippen molar-refractivity contribution >= 4 is 0 Å². The SMILES string of the molecule is CNC(c1ccccc1)C(C(C)C)N1CCC(C)C1. The van der Waals surface area contributed by atoms with Crippen molar-refractivity contribution in [3.63, 3.8) is 0 Å². The van der Waals surface area contributed by atoms with E-state index in [0.29, 0.717) is 18.0 Å². The van der Waals surface area contributed by atoms with Crippen molar-refractivity contribution < 1.29 is 0 Å². The quantitative estimate of drug-likeness (QED) is 0.874. The third-order valence-corrected chi connectivity index (χ3v) is 4.37. The Morgan fingerprint density at radius 3 is 2.37 bits per heavy atom. The topological polar surface area (TPSA) is 15.3 Å². The van der Waals surface area contributed by atoms with E-state index in [2.05, 4.69) is 68.4 Å². The molecule has 0 spiro atoms. The molecule has 3 atom stereocenters. The number of rotatable bonds is 5. The molecule has 2 rings (SSSR count). The van der Waals surface area contributed by atoms with Crippen LogP contribution in [0.15, 0.2) is 30.3 Å². The highest BCUT2D eigenvalue weighted by Gasteiger charge is 2.33. The second-order valence-electron chi connectivity index (χ2n) is 6.30. The molecule has 1 heterocycles. The van der Waals surface area contributed by atoms with Gasteiger partial charge in [-0.1, -0.05) is 51.1 Å². The molecule has 3 unspecified atom stereocenters. The van der Waals surface area contributed by atoms with Crippen molar-refractivity contribution in [2.24, 2.45) is 11.8 Å². The number of nitrogens with zero attached hydrogens (tertiary/aromatic N) is 1. The van der Waals surface area contributed by atoms with Gasteiger partial charge in [0.1, 0.15) is 0 Å². The molecular weight excluding hydrogens is 232 g/mol. The first-order valence-electron chi connectivity index (χ1n) is 7.59. The lowest BCUT2D eigenvalue weighted by atomic mass is 9.90. The average molecular weight is 260 g/mol. The fourth-order valence-corrected chi connectivity index (χ4v) is 3.45. The van der Waals surface area contributed by atoms with Gasteiger partial charge in [0.05, 0.1) is 0 Å². The van der Waals surface area contributed by atoms with Crippen LogP contribution in [-0.4, -0.2) is 31.1 Å². The second kappa shape index (κ2) is 6.53. The highest BCUT2D eigenvalue weighted by molar-refractivity contribution is 5.21. The molecule has 1 fully saturated rings. The van der Waals surface area contributed by atoms with Gasteiger partial charge in [-0.05, 0) is 37.4 Å². The molecule has 1 aromatic rings. The molecule has 2 nitrogen and oxygen atoms in total. The molecule has 2 heteroatoms. The fourth-order valence-electron chi connectivity index (χ4n) is 3.45. The molecular formula is C17H28N2. The fraction of sp³-hybridized carbons (Fsp3) is 0.647. The minimum Gasteiger partial charge on any atom is -0.312 e. The van der Waals surface area contributed by atoms with Crippen LogP contribution >= 0.6 is 0 Å². The molecule has 0 amide bonds. The summed E-state index contributed by atoms with van der Waals surface area (Å²) in [4.78, 5) is 2.68. The second-order valence-corrected chi connectivity index (χ2v) is 6.30. The van der Waals surface area contributed by atoms with E-state index in [1.165, 1.54) is 25.1 Å². The van der Waals surface area contributed by atoms with Crippen LogP contribution in [0, 0.1) is 11.8 Å². The van der Waals surface area contributed by atoms with Gasteiger partial charge in [0.2, 0.25) is 0 Å². The Labute approximate surface area is 118 Å². The molecule has 0 saturated carbocycles. The van der Waals surface area contributed by atoms with Gasteiger partial charge >= 0.3 is 0 Å². The molecule has 1 aliphatic rings. The molecule has 0 bridgehead atoms. The Bertz CT molecular complexity index is 374. The van der Waals surface area contributed by atoms with E-state index < -0.39 is 0 Å². The maximum absolute atomic E-state index is 3.55. The summed E-state index contributed by atoms with van der Waals surface area (Å²) in [7, 11) is 2.09. The summed E-state index contributed by atoms with van der Waals surface area (Å²) in [6.45, 7) is 9.55.